The number of aryl methyl sites for hydroxylation is 1. The molecule has 0 atom stereocenters. The Labute approximate surface area is 232 Å². The van der Waals surface area contributed by atoms with Crippen LogP contribution in [0.2, 0.25) is 0 Å². The largest absolute Gasteiger partial charge is 0.494 e. The number of esters is 1. The lowest BCUT2D eigenvalue weighted by molar-refractivity contribution is -0.284. The fourth-order valence-electron chi connectivity index (χ4n) is 3.66. The third kappa shape index (κ3) is 8.95. The Morgan fingerprint density at radius 3 is 2.12 bits per heavy atom. The summed E-state index contributed by atoms with van der Waals surface area (Å²) in [5, 5.41) is 9.60. The first-order chi connectivity index (χ1) is 19.2. The number of aliphatic carboxylic acids is 1. The number of rotatable bonds is 12. The maximum Gasteiger partial charge on any atom is 0.453 e. The van der Waals surface area contributed by atoms with E-state index in [0.29, 0.717) is 23.4 Å². The molecule has 3 rings (SSSR count). The molecule has 3 aromatic rings. The SMILES string of the molecule is Nc1ccc(N)c(CC/C(=C\c2ccc(OC(=O)c3ccc(OCCCC(F)(F)C(F)(F)F)cc3)cc2)C(=O)O)c1. The van der Waals surface area contributed by atoms with Gasteiger partial charge in [0.05, 0.1) is 12.2 Å². The second-order valence-electron chi connectivity index (χ2n) is 9.07. The highest BCUT2D eigenvalue weighted by atomic mass is 19.4. The number of hydrogen-bond acceptors (Lipinski definition) is 6. The van der Waals surface area contributed by atoms with Crippen LogP contribution in [0.3, 0.4) is 0 Å². The molecule has 5 N–H and O–H groups in total. The van der Waals surface area contributed by atoms with Crippen molar-refractivity contribution < 1.29 is 46.1 Å². The lowest BCUT2D eigenvalue weighted by atomic mass is 10.0. The average Bonchev–Trinajstić information content (AvgIpc) is 2.91. The van der Waals surface area contributed by atoms with Gasteiger partial charge in [0.1, 0.15) is 11.5 Å². The minimum Gasteiger partial charge on any atom is -0.494 e. The van der Waals surface area contributed by atoms with Crippen LogP contribution in [0.25, 0.3) is 6.08 Å². The van der Waals surface area contributed by atoms with Gasteiger partial charge in [-0.05, 0) is 91.1 Å². The second-order valence-corrected chi connectivity index (χ2v) is 9.07. The maximum atomic E-state index is 12.9. The van der Waals surface area contributed by atoms with E-state index in [0.717, 1.165) is 5.56 Å². The summed E-state index contributed by atoms with van der Waals surface area (Å²) in [5.74, 6) is -6.21. The molecule has 0 bridgehead atoms. The van der Waals surface area contributed by atoms with E-state index in [-0.39, 0.29) is 35.7 Å². The molecule has 0 unspecified atom stereocenters. The molecule has 12 heteroatoms. The molecule has 0 spiro atoms. The standard InChI is InChI=1S/C29H27F5N2O5/c30-28(31,29(32,33)34)14-1-15-40-23-11-6-19(7-12-23)27(39)41-24-9-2-18(3-10-24)16-21(26(37)38)5-4-20-17-22(35)8-13-25(20)36/h2-3,6-13,16-17H,1,4-5,14-15,35-36H2,(H,37,38)/b21-16+. The van der Waals surface area contributed by atoms with E-state index in [9.17, 15) is 36.6 Å². The maximum absolute atomic E-state index is 12.9. The average molecular weight is 579 g/mol. The molecule has 41 heavy (non-hydrogen) atoms. The molecular formula is C29H27F5N2O5. The fourth-order valence-corrected chi connectivity index (χ4v) is 3.66. The van der Waals surface area contributed by atoms with Crippen LogP contribution in [0.5, 0.6) is 11.5 Å². The van der Waals surface area contributed by atoms with Gasteiger partial charge in [-0.15, -0.1) is 0 Å². The molecule has 3 aromatic carbocycles. The first-order valence-corrected chi connectivity index (χ1v) is 12.3. The molecule has 0 amide bonds. The zero-order valence-electron chi connectivity index (χ0n) is 21.6. The number of halogens is 5. The van der Waals surface area contributed by atoms with E-state index >= 15 is 0 Å². The van der Waals surface area contributed by atoms with Crippen molar-refractivity contribution in [3.05, 3.63) is 89.0 Å². The summed E-state index contributed by atoms with van der Waals surface area (Å²) in [4.78, 5) is 24.2. The molecular weight excluding hydrogens is 551 g/mol. The highest BCUT2D eigenvalue weighted by Gasteiger charge is 2.56. The monoisotopic (exact) mass is 578 g/mol. The first-order valence-electron chi connectivity index (χ1n) is 12.3. The van der Waals surface area contributed by atoms with Gasteiger partial charge >= 0.3 is 24.0 Å². The summed E-state index contributed by atoms with van der Waals surface area (Å²) >= 11 is 0. The number of carbonyl (C=O) groups is 2. The van der Waals surface area contributed by atoms with Gasteiger partial charge in [-0.1, -0.05) is 12.1 Å². The van der Waals surface area contributed by atoms with Gasteiger partial charge in [-0.2, -0.15) is 22.0 Å². The summed E-state index contributed by atoms with van der Waals surface area (Å²) < 4.78 is 72.9. The topological polar surface area (TPSA) is 125 Å². The quantitative estimate of drug-likeness (QED) is 0.0558. The first kappa shape index (κ1) is 30.9. The van der Waals surface area contributed by atoms with Crippen LogP contribution >= 0.6 is 0 Å². The van der Waals surface area contributed by atoms with Crippen LogP contribution in [0.4, 0.5) is 33.3 Å². The van der Waals surface area contributed by atoms with E-state index in [1.54, 1.807) is 30.3 Å². The minimum atomic E-state index is -5.61. The zero-order valence-corrected chi connectivity index (χ0v) is 21.6. The third-order valence-corrected chi connectivity index (χ3v) is 5.95. The summed E-state index contributed by atoms with van der Waals surface area (Å²) in [5.41, 5.74) is 14.3. The molecule has 0 aromatic heterocycles. The number of carboxylic acid groups (broad SMARTS) is 1. The summed E-state index contributed by atoms with van der Waals surface area (Å²) in [6.07, 6.45) is -5.44. The number of carboxylic acids is 1. The van der Waals surface area contributed by atoms with E-state index < -0.39 is 36.9 Å². The van der Waals surface area contributed by atoms with Crippen LogP contribution in [0.1, 0.15) is 40.7 Å². The fraction of sp³-hybridized carbons (Fsp3) is 0.241. The lowest BCUT2D eigenvalue weighted by Crippen LogP contribution is -2.36. The van der Waals surface area contributed by atoms with Crippen LogP contribution in [0, 0.1) is 0 Å². The van der Waals surface area contributed by atoms with Gasteiger partial charge in [-0.25, -0.2) is 9.59 Å². The van der Waals surface area contributed by atoms with Gasteiger partial charge in [0.15, 0.2) is 0 Å². The van der Waals surface area contributed by atoms with Crippen molar-refractivity contribution in [1.29, 1.82) is 0 Å². The molecule has 0 heterocycles. The molecule has 0 aliphatic carbocycles. The Kier molecular flexibility index (Phi) is 9.93. The number of ether oxygens (including phenoxy) is 2. The van der Waals surface area contributed by atoms with E-state index in [1.807, 2.05) is 0 Å². The van der Waals surface area contributed by atoms with Crippen molar-refractivity contribution >= 4 is 29.4 Å². The Bertz CT molecular complexity index is 1390. The van der Waals surface area contributed by atoms with Crippen LogP contribution in [0.15, 0.2) is 72.3 Å². The Hall–Kier alpha value is -4.61. The second kappa shape index (κ2) is 13.2. The van der Waals surface area contributed by atoms with Gasteiger partial charge in [0.25, 0.3) is 0 Å². The predicted molar refractivity (Wildman–Crippen MR) is 143 cm³/mol. The highest BCUT2D eigenvalue weighted by molar-refractivity contribution is 5.92. The molecule has 0 aliphatic heterocycles. The summed E-state index contributed by atoms with van der Waals surface area (Å²) in [6.45, 7) is -0.366. The van der Waals surface area contributed by atoms with Crippen LogP contribution < -0.4 is 20.9 Å². The number of anilines is 2. The number of carbonyl (C=O) groups excluding carboxylic acids is 1. The van der Waals surface area contributed by atoms with Crippen molar-refractivity contribution in [2.24, 2.45) is 0 Å². The normalized spacial score (nSPS) is 12.2. The molecule has 218 valence electrons. The van der Waals surface area contributed by atoms with E-state index in [4.69, 9.17) is 20.9 Å². The number of alkyl halides is 5. The number of benzene rings is 3. The van der Waals surface area contributed by atoms with Crippen molar-refractivity contribution in [3.63, 3.8) is 0 Å². The van der Waals surface area contributed by atoms with Crippen molar-refractivity contribution in [1.82, 2.24) is 0 Å². The molecule has 0 aliphatic rings. The molecule has 7 nitrogen and oxygen atoms in total. The summed E-state index contributed by atoms with van der Waals surface area (Å²) in [6, 6.07) is 16.6. The van der Waals surface area contributed by atoms with Crippen molar-refractivity contribution in [2.45, 2.75) is 37.8 Å². The van der Waals surface area contributed by atoms with Gasteiger partial charge in [-0.3, -0.25) is 0 Å². The van der Waals surface area contributed by atoms with Gasteiger partial charge in [0, 0.05) is 23.4 Å². The molecule has 0 radical (unpaired) electrons. The Morgan fingerprint density at radius 2 is 1.51 bits per heavy atom. The molecule has 0 saturated heterocycles. The molecule has 0 fully saturated rings. The minimum absolute atomic E-state index is 0.138. The zero-order chi connectivity index (χ0) is 30.2. The van der Waals surface area contributed by atoms with Gasteiger partial charge < -0.3 is 26.0 Å². The Morgan fingerprint density at radius 1 is 0.878 bits per heavy atom. The Balaban J connectivity index is 1.54. The number of nitrogen functional groups attached to an aromatic ring is 2. The lowest BCUT2D eigenvalue weighted by Gasteiger charge is -2.19. The van der Waals surface area contributed by atoms with Crippen molar-refractivity contribution in [3.8, 4) is 11.5 Å². The van der Waals surface area contributed by atoms with Crippen LogP contribution in [-0.4, -0.2) is 35.8 Å². The summed E-state index contributed by atoms with van der Waals surface area (Å²) in [7, 11) is 0. The number of hydrogen-bond donors (Lipinski definition) is 3. The van der Waals surface area contributed by atoms with Gasteiger partial charge in [0.2, 0.25) is 0 Å². The third-order valence-electron chi connectivity index (χ3n) is 5.95. The van der Waals surface area contributed by atoms with Crippen LogP contribution in [-0.2, 0) is 11.2 Å². The number of nitrogens with two attached hydrogens (primary N) is 2. The highest BCUT2D eigenvalue weighted by Crippen LogP contribution is 2.38. The smallest absolute Gasteiger partial charge is 0.453 e. The van der Waals surface area contributed by atoms with Crippen molar-refractivity contribution in [2.75, 3.05) is 18.1 Å². The molecule has 0 saturated carbocycles. The van der Waals surface area contributed by atoms with E-state index in [2.05, 4.69) is 0 Å². The van der Waals surface area contributed by atoms with E-state index in [1.165, 1.54) is 42.5 Å². The predicted octanol–water partition coefficient (Wildman–Crippen LogP) is 6.53.